The molecule has 1 heterocycles. The lowest BCUT2D eigenvalue weighted by Crippen LogP contribution is -2.45. The zero-order valence-electron chi connectivity index (χ0n) is 17.7. The van der Waals surface area contributed by atoms with E-state index in [1.165, 1.54) is 13.2 Å². The summed E-state index contributed by atoms with van der Waals surface area (Å²) < 4.78 is 24.2. The average molecular weight is 442 g/mol. The van der Waals surface area contributed by atoms with Crippen LogP contribution in [0.5, 0.6) is 5.75 Å². The Kier molecular flexibility index (Phi) is 7.21. The molecule has 1 fully saturated rings. The molecule has 1 saturated heterocycles. The third kappa shape index (κ3) is 5.12. The molecule has 32 heavy (non-hydrogen) atoms. The van der Waals surface area contributed by atoms with Gasteiger partial charge in [0.15, 0.2) is 0 Å². The van der Waals surface area contributed by atoms with Gasteiger partial charge in [-0.15, -0.1) is 0 Å². The van der Waals surface area contributed by atoms with Crippen LogP contribution in [0.1, 0.15) is 27.6 Å². The first-order chi connectivity index (χ1) is 15.3. The number of phenolic OH excluding ortho intramolecular Hbond substituents is 1. The Morgan fingerprint density at radius 1 is 1.19 bits per heavy atom. The smallest absolute Gasteiger partial charge is 0.337 e. The quantitative estimate of drug-likeness (QED) is 0.394. The minimum absolute atomic E-state index is 0.00247. The van der Waals surface area contributed by atoms with Gasteiger partial charge in [-0.2, -0.15) is 0 Å². The van der Waals surface area contributed by atoms with E-state index in [4.69, 9.17) is 26.7 Å². The van der Waals surface area contributed by atoms with E-state index in [-0.39, 0.29) is 23.8 Å². The number of hydrogen-bond acceptors (Lipinski definition) is 8. The number of para-hydroxylation sites is 1. The van der Waals surface area contributed by atoms with E-state index < -0.39 is 24.9 Å². The van der Waals surface area contributed by atoms with Crippen LogP contribution in [0.15, 0.2) is 66.1 Å². The Morgan fingerprint density at radius 2 is 1.88 bits per heavy atom. The second kappa shape index (κ2) is 10.1. The van der Waals surface area contributed by atoms with Crippen LogP contribution in [0, 0.1) is 0 Å². The van der Waals surface area contributed by atoms with Crippen LogP contribution in [0.3, 0.4) is 0 Å². The predicted molar refractivity (Wildman–Crippen MR) is 119 cm³/mol. The molecule has 0 bridgehead atoms. The van der Waals surface area contributed by atoms with Gasteiger partial charge in [-0.05, 0) is 35.9 Å². The lowest BCUT2D eigenvalue weighted by Gasteiger charge is -2.39. The number of carbonyl (C=O) groups is 1. The number of methoxy groups -OCH3 is 1. The number of morpholine rings is 1. The number of carbonyl (C=O) groups excluding carboxylic acids is 1. The van der Waals surface area contributed by atoms with Crippen LogP contribution >= 0.6 is 0 Å². The van der Waals surface area contributed by atoms with E-state index in [0.29, 0.717) is 23.4 Å². The number of hydrogen-bond donors (Lipinski definition) is 4. The first-order valence-corrected chi connectivity index (χ1v) is 9.99. The molecule has 0 spiro atoms. The average Bonchev–Trinajstić information content (AvgIpc) is 2.81. The summed E-state index contributed by atoms with van der Waals surface area (Å²) in [5.41, 5.74) is 20.3. The van der Waals surface area contributed by atoms with Crippen molar-refractivity contribution in [3.8, 4) is 5.75 Å². The highest BCUT2D eigenvalue weighted by Gasteiger charge is 2.30. The third-order valence-electron chi connectivity index (χ3n) is 5.19. The van der Waals surface area contributed by atoms with Crippen LogP contribution < -0.4 is 17.2 Å². The van der Waals surface area contributed by atoms with Crippen LogP contribution in [0.25, 0.3) is 5.70 Å². The number of allylic oxidation sites excluding steroid dienone is 1. The van der Waals surface area contributed by atoms with Crippen molar-refractivity contribution in [2.75, 3.05) is 26.9 Å². The molecule has 0 saturated carbocycles. The number of rotatable bonds is 6. The molecule has 0 aliphatic carbocycles. The topological polar surface area (TPSA) is 137 Å². The van der Waals surface area contributed by atoms with Crippen molar-refractivity contribution in [2.24, 2.45) is 17.2 Å². The monoisotopic (exact) mass is 442 g/mol. The first kappa shape index (κ1) is 23.0. The van der Waals surface area contributed by atoms with Gasteiger partial charge in [0.05, 0.1) is 18.4 Å². The number of alkyl halides is 1. The molecule has 2 atom stereocenters. The molecule has 3 rings (SSSR count). The van der Waals surface area contributed by atoms with Gasteiger partial charge >= 0.3 is 5.97 Å². The molecule has 8 nitrogen and oxygen atoms in total. The lowest BCUT2D eigenvalue weighted by atomic mass is 10.0. The molecule has 170 valence electrons. The summed E-state index contributed by atoms with van der Waals surface area (Å²) in [5.74, 6) is -0.429. The fraction of sp³-hybridized carbons (Fsp3) is 0.261. The van der Waals surface area contributed by atoms with Gasteiger partial charge in [-0.25, -0.2) is 9.18 Å². The second-order valence-electron chi connectivity index (χ2n) is 7.38. The van der Waals surface area contributed by atoms with Gasteiger partial charge in [-0.3, -0.25) is 0 Å². The molecule has 7 N–H and O–H groups in total. The maximum absolute atomic E-state index is 13.6. The molecule has 1 aliphatic rings. The fourth-order valence-electron chi connectivity index (χ4n) is 3.56. The van der Waals surface area contributed by atoms with Gasteiger partial charge in [-0.1, -0.05) is 24.3 Å². The van der Waals surface area contributed by atoms with Crippen molar-refractivity contribution >= 4 is 11.7 Å². The molecule has 2 aromatic carbocycles. The van der Waals surface area contributed by atoms with Crippen LogP contribution in [-0.4, -0.2) is 49.0 Å². The molecule has 2 unspecified atom stereocenters. The number of ether oxygens (including phenoxy) is 2. The summed E-state index contributed by atoms with van der Waals surface area (Å²) in [5, 5.41) is 10.1. The van der Waals surface area contributed by atoms with E-state index in [9.17, 15) is 14.3 Å². The van der Waals surface area contributed by atoms with Crippen molar-refractivity contribution in [3.63, 3.8) is 0 Å². The Morgan fingerprint density at radius 3 is 2.47 bits per heavy atom. The van der Waals surface area contributed by atoms with Crippen molar-refractivity contribution in [1.29, 1.82) is 0 Å². The minimum Gasteiger partial charge on any atom is -0.507 e. The molecule has 1 aliphatic heterocycles. The normalized spacial score (nSPS) is 18.8. The van der Waals surface area contributed by atoms with E-state index in [0.717, 1.165) is 5.56 Å². The standard InChI is InChI=1S/C23H27FN4O4/c1-31-23(30)15-8-6-14(7-9-15)21-13-28(12-16(11-24)32-21)19(22(26)27)10-18(25)17-4-2-3-5-20(17)29/h2-10,16,21,29H,11-13,25-27H2,1H3/b18-10-. The van der Waals surface area contributed by atoms with Gasteiger partial charge in [0, 0.05) is 24.4 Å². The number of benzene rings is 2. The zero-order chi connectivity index (χ0) is 23.3. The minimum atomic E-state index is -0.719. The summed E-state index contributed by atoms with van der Waals surface area (Å²) in [6.45, 7) is -0.166. The van der Waals surface area contributed by atoms with E-state index in [1.807, 2.05) is 0 Å². The largest absolute Gasteiger partial charge is 0.507 e. The van der Waals surface area contributed by atoms with Gasteiger partial charge in [0.1, 0.15) is 30.5 Å². The Hall–Kier alpha value is -3.72. The van der Waals surface area contributed by atoms with Crippen LogP contribution in [-0.2, 0) is 9.47 Å². The Bertz CT molecular complexity index is 1020. The highest BCUT2D eigenvalue weighted by Crippen LogP contribution is 2.30. The van der Waals surface area contributed by atoms with Crippen molar-refractivity contribution in [2.45, 2.75) is 12.2 Å². The Balaban J connectivity index is 1.89. The molecular formula is C23H27FN4O4. The fourth-order valence-corrected chi connectivity index (χ4v) is 3.56. The van der Waals surface area contributed by atoms with Crippen molar-refractivity contribution in [1.82, 2.24) is 4.90 Å². The van der Waals surface area contributed by atoms with Gasteiger partial charge < -0.3 is 36.7 Å². The maximum atomic E-state index is 13.6. The SMILES string of the molecule is COC(=O)c1ccc(C2CN(C(/C=C(\N)c3ccccc3O)=C(N)N)CC(CF)O2)cc1. The number of aromatic hydroxyl groups is 1. The molecule has 0 aromatic heterocycles. The highest BCUT2D eigenvalue weighted by atomic mass is 19.1. The summed E-state index contributed by atoms with van der Waals surface area (Å²) in [6.07, 6.45) is 0.344. The van der Waals surface area contributed by atoms with E-state index in [2.05, 4.69) is 0 Å². The van der Waals surface area contributed by atoms with Crippen molar-refractivity contribution < 1.29 is 23.8 Å². The molecule has 9 heteroatoms. The zero-order valence-corrected chi connectivity index (χ0v) is 17.7. The molecule has 0 amide bonds. The third-order valence-corrected chi connectivity index (χ3v) is 5.19. The lowest BCUT2D eigenvalue weighted by molar-refractivity contribution is -0.0850. The Labute approximate surface area is 185 Å². The molecular weight excluding hydrogens is 415 g/mol. The number of halogens is 1. The molecule has 2 aromatic rings. The van der Waals surface area contributed by atoms with Gasteiger partial charge in [0.25, 0.3) is 0 Å². The maximum Gasteiger partial charge on any atom is 0.337 e. The highest BCUT2D eigenvalue weighted by molar-refractivity contribution is 5.89. The number of nitrogens with zero attached hydrogens (tertiary/aromatic N) is 1. The second-order valence-corrected chi connectivity index (χ2v) is 7.38. The summed E-state index contributed by atoms with van der Waals surface area (Å²) in [6, 6.07) is 13.3. The number of phenols is 1. The molecule has 0 radical (unpaired) electrons. The number of nitrogens with two attached hydrogens (primary N) is 3. The van der Waals surface area contributed by atoms with E-state index >= 15 is 0 Å². The van der Waals surface area contributed by atoms with Gasteiger partial charge in [0.2, 0.25) is 0 Å². The summed E-state index contributed by atoms with van der Waals surface area (Å²) >= 11 is 0. The van der Waals surface area contributed by atoms with E-state index in [1.54, 1.807) is 53.4 Å². The van der Waals surface area contributed by atoms with Crippen LogP contribution in [0.2, 0.25) is 0 Å². The first-order valence-electron chi connectivity index (χ1n) is 9.99. The predicted octanol–water partition coefficient (Wildman–Crippen LogP) is 1.98. The summed E-state index contributed by atoms with van der Waals surface area (Å²) in [4.78, 5) is 13.5. The van der Waals surface area contributed by atoms with Crippen molar-refractivity contribution in [3.05, 3.63) is 82.8 Å². The van der Waals surface area contributed by atoms with Crippen LogP contribution in [0.4, 0.5) is 4.39 Å². The number of esters is 1. The summed E-state index contributed by atoms with van der Waals surface area (Å²) in [7, 11) is 1.31.